The summed E-state index contributed by atoms with van der Waals surface area (Å²) >= 11 is 0. The molecule has 1 fully saturated rings. The molecule has 2 heterocycles. The van der Waals surface area contributed by atoms with Gasteiger partial charge in [-0.2, -0.15) is 0 Å². The molecule has 1 aliphatic heterocycles. The Labute approximate surface area is 105 Å². The summed E-state index contributed by atoms with van der Waals surface area (Å²) in [5.74, 6) is 0.542. The van der Waals surface area contributed by atoms with Gasteiger partial charge in [0.25, 0.3) is 0 Å². The van der Waals surface area contributed by atoms with Gasteiger partial charge in [-0.05, 0) is 32.0 Å². The van der Waals surface area contributed by atoms with Gasteiger partial charge in [0.1, 0.15) is 0 Å². The third-order valence-corrected chi connectivity index (χ3v) is 3.54. The highest BCUT2D eigenvalue weighted by molar-refractivity contribution is 5.95. The van der Waals surface area contributed by atoms with E-state index in [1.54, 1.807) is 0 Å². The number of hydrogen-bond donors (Lipinski definition) is 3. The van der Waals surface area contributed by atoms with E-state index in [0.717, 1.165) is 30.5 Å². The van der Waals surface area contributed by atoms with Gasteiger partial charge in [-0.3, -0.25) is 10.1 Å². The summed E-state index contributed by atoms with van der Waals surface area (Å²) in [6, 6.07) is 7.72. The molecule has 1 aliphatic rings. The summed E-state index contributed by atoms with van der Waals surface area (Å²) in [5.41, 5.74) is 1.46. The number of nitrogens with one attached hydrogen (secondary N) is 3. The first kappa shape index (κ1) is 11.2. The van der Waals surface area contributed by atoms with E-state index in [2.05, 4.69) is 20.6 Å². The van der Waals surface area contributed by atoms with Crippen LogP contribution in [-0.2, 0) is 4.79 Å². The Kier molecular flexibility index (Phi) is 2.56. The smallest absolute Gasteiger partial charge is 0.233 e. The number of hydrogen-bond acceptors (Lipinski definition) is 3. The fourth-order valence-corrected chi connectivity index (χ4v) is 2.28. The topological polar surface area (TPSA) is 69.8 Å². The highest BCUT2D eigenvalue weighted by atomic mass is 16.2. The van der Waals surface area contributed by atoms with E-state index >= 15 is 0 Å². The predicted octanol–water partition coefficient (Wildman–Crippen LogP) is 1.50. The fraction of sp³-hybridized carbons (Fsp3) is 0.385. The lowest BCUT2D eigenvalue weighted by Gasteiger charge is -2.20. The van der Waals surface area contributed by atoms with Crippen LogP contribution in [0.25, 0.3) is 11.0 Å². The second-order valence-electron chi connectivity index (χ2n) is 5.04. The number of nitrogens with zero attached hydrogens (tertiary/aromatic N) is 1. The van der Waals surface area contributed by atoms with Gasteiger partial charge in [0, 0.05) is 6.54 Å². The maximum atomic E-state index is 12.2. The zero-order chi connectivity index (χ0) is 12.6. The van der Waals surface area contributed by atoms with Crippen molar-refractivity contribution in [2.75, 3.05) is 18.4 Å². The second kappa shape index (κ2) is 4.10. The Hall–Kier alpha value is -1.88. The van der Waals surface area contributed by atoms with Crippen LogP contribution >= 0.6 is 0 Å². The normalized spacial score (nSPS) is 23.4. The molecule has 18 heavy (non-hydrogen) atoms. The van der Waals surface area contributed by atoms with Gasteiger partial charge < -0.3 is 10.3 Å². The van der Waals surface area contributed by atoms with Crippen LogP contribution in [-0.4, -0.2) is 29.0 Å². The molecule has 1 atom stereocenters. The molecule has 0 saturated carbocycles. The molecule has 3 N–H and O–H groups in total. The lowest BCUT2D eigenvalue weighted by Crippen LogP contribution is -2.35. The minimum absolute atomic E-state index is 0.0200. The number of amides is 1. The second-order valence-corrected chi connectivity index (χ2v) is 5.04. The molecule has 1 aromatic carbocycles. The van der Waals surface area contributed by atoms with Crippen LogP contribution < -0.4 is 10.6 Å². The lowest BCUT2D eigenvalue weighted by atomic mass is 9.89. The van der Waals surface area contributed by atoms with E-state index in [-0.39, 0.29) is 11.3 Å². The highest BCUT2D eigenvalue weighted by Gasteiger charge is 2.36. The number of para-hydroxylation sites is 2. The Morgan fingerprint density at radius 1 is 1.44 bits per heavy atom. The highest BCUT2D eigenvalue weighted by Crippen LogP contribution is 2.26. The van der Waals surface area contributed by atoms with E-state index in [1.807, 2.05) is 31.2 Å². The van der Waals surface area contributed by atoms with Gasteiger partial charge in [-0.15, -0.1) is 0 Å². The van der Waals surface area contributed by atoms with Crippen LogP contribution in [0.3, 0.4) is 0 Å². The molecule has 5 heteroatoms. The number of carbonyl (C=O) groups excluding carboxylic acids is 1. The Morgan fingerprint density at radius 2 is 2.28 bits per heavy atom. The monoisotopic (exact) mass is 244 g/mol. The van der Waals surface area contributed by atoms with Gasteiger partial charge in [0.2, 0.25) is 11.9 Å². The van der Waals surface area contributed by atoms with Crippen LogP contribution in [0.1, 0.15) is 13.3 Å². The molecule has 5 nitrogen and oxygen atoms in total. The van der Waals surface area contributed by atoms with Gasteiger partial charge in [0.05, 0.1) is 16.4 Å². The van der Waals surface area contributed by atoms with Crippen molar-refractivity contribution >= 4 is 22.9 Å². The number of benzene rings is 1. The summed E-state index contributed by atoms with van der Waals surface area (Å²) in [5, 5.41) is 6.08. The predicted molar refractivity (Wildman–Crippen MR) is 70.3 cm³/mol. The first-order valence-corrected chi connectivity index (χ1v) is 6.14. The number of aromatic amines is 1. The van der Waals surface area contributed by atoms with Crippen molar-refractivity contribution < 1.29 is 4.79 Å². The summed E-state index contributed by atoms with van der Waals surface area (Å²) < 4.78 is 0. The van der Waals surface area contributed by atoms with Crippen molar-refractivity contribution in [2.24, 2.45) is 5.41 Å². The van der Waals surface area contributed by atoms with Crippen LogP contribution in [0.5, 0.6) is 0 Å². The van der Waals surface area contributed by atoms with E-state index in [1.165, 1.54) is 0 Å². The van der Waals surface area contributed by atoms with Crippen molar-refractivity contribution in [3.8, 4) is 0 Å². The number of rotatable bonds is 2. The van der Waals surface area contributed by atoms with Gasteiger partial charge >= 0.3 is 0 Å². The molecular weight excluding hydrogens is 228 g/mol. The third kappa shape index (κ3) is 1.86. The molecule has 1 saturated heterocycles. The van der Waals surface area contributed by atoms with E-state index in [4.69, 9.17) is 0 Å². The van der Waals surface area contributed by atoms with Crippen LogP contribution in [0, 0.1) is 5.41 Å². The maximum absolute atomic E-state index is 12.2. The minimum Gasteiger partial charge on any atom is -0.324 e. The van der Waals surface area contributed by atoms with Crippen molar-refractivity contribution in [3.05, 3.63) is 24.3 Å². The van der Waals surface area contributed by atoms with Crippen molar-refractivity contribution in [3.63, 3.8) is 0 Å². The van der Waals surface area contributed by atoms with E-state index in [0.29, 0.717) is 5.95 Å². The Bertz CT molecular complexity index is 550. The number of imidazole rings is 1. The van der Waals surface area contributed by atoms with E-state index < -0.39 is 0 Å². The molecule has 1 unspecified atom stereocenters. The summed E-state index contributed by atoms with van der Waals surface area (Å²) in [6.07, 6.45) is 0.860. The quantitative estimate of drug-likeness (QED) is 0.749. The number of fused-ring (bicyclic) bond motifs is 1. The molecule has 0 bridgehead atoms. The fourth-order valence-electron chi connectivity index (χ4n) is 2.28. The van der Waals surface area contributed by atoms with Crippen LogP contribution in [0.2, 0.25) is 0 Å². The van der Waals surface area contributed by atoms with Crippen LogP contribution in [0.4, 0.5) is 5.95 Å². The molecule has 0 aliphatic carbocycles. The molecular formula is C13H16N4O. The van der Waals surface area contributed by atoms with Gasteiger partial charge in [-0.25, -0.2) is 4.98 Å². The SMILES string of the molecule is CC1(C(=O)Nc2nc3ccccc3[nH]2)CCNC1. The number of anilines is 1. The molecule has 0 spiro atoms. The Balaban J connectivity index is 1.81. The minimum atomic E-state index is -0.334. The van der Waals surface area contributed by atoms with Gasteiger partial charge in [0.15, 0.2) is 0 Å². The summed E-state index contributed by atoms with van der Waals surface area (Å²) in [7, 11) is 0. The average Bonchev–Trinajstić information content (AvgIpc) is 2.95. The molecule has 2 aromatic rings. The first-order chi connectivity index (χ1) is 8.67. The van der Waals surface area contributed by atoms with Crippen molar-refractivity contribution in [1.82, 2.24) is 15.3 Å². The standard InChI is InChI=1S/C13H16N4O/c1-13(6-7-14-8-13)11(18)17-12-15-9-4-2-3-5-10(9)16-12/h2-5,14H,6-8H2,1H3,(H2,15,16,17,18). The number of carbonyl (C=O) groups is 1. The maximum Gasteiger partial charge on any atom is 0.233 e. The zero-order valence-electron chi connectivity index (χ0n) is 10.3. The Morgan fingerprint density at radius 3 is 3.00 bits per heavy atom. The largest absolute Gasteiger partial charge is 0.324 e. The van der Waals surface area contributed by atoms with Crippen LogP contribution in [0.15, 0.2) is 24.3 Å². The lowest BCUT2D eigenvalue weighted by molar-refractivity contribution is -0.123. The zero-order valence-corrected chi connectivity index (χ0v) is 10.3. The van der Waals surface area contributed by atoms with Gasteiger partial charge in [-0.1, -0.05) is 12.1 Å². The number of H-pyrrole nitrogens is 1. The molecule has 1 aromatic heterocycles. The average molecular weight is 244 g/mol. The molecule has 3 rings (SSSR count). The first-order valence-electron chi connectivity index (χ1n) is 6.14. The molecule has 94 valence electrons. The van der Waals surface area contributed by atoms with Crippen molar-refractivity contribution in [1.29, 1.82) is 0 Å². The summed E-state index contributed by atoms with van der Waals surface area (Å²) in [6.45, 7) is 3.59. The molecule has 1 amide bonds. The van der Waals surface area contributed by atoms with Crippen molar-refractivity contribution in [2.45, 2.75) is 13.3 Å². The number of aromatic nitrogens is 2. The van der Waals surface area contributed by atoms with E-state index in [9.17, 15) is 4.79 Å². The molecule has 0 radical (unpaired) electrons. The summed E-state index contributed by atoms with van der Waals surface area (Å²) in [4.78, 5) is 19.7. The third-order valence-electron chi connectivity index (χ3n) is 3.54.